The minimum atomic E-state index is -3.68. The second kappa shape index (κ2) is 8.87. The molecule has 9 nitrogen and oxygen atoms in total. The van der Waals surface area contributed by atoms with Crippen LogP contribution >= 0.6 is 0 Å². The number of benzene rings is 2. The van der Waals surface area contributed by atoms with Crippen LogP contribution in [-0.4, -0.2) is 72.7 Å². The van der Waals surface area contributed by atoms with Crippen LogP contribution in [0, 0.1) is 0 Å². The summed E-state index contributed by atoms with van der Waals surface area (Å²) in [6.07, 6.45) is 3.76. The number of ether oxygens (including phenoxy) is 2. The van der Waals surface area contributed by atoms with Gasteiger partial charge in [-0.15, -0.1) is 0 Å². The van der Waals surface area contributed by atoms with Gasteiger partial charge in [0.1, 0.15) is 13.2 Å². The van der Waals surface area contributed by atoms with E-state index in [1.165, 1.54) is 16.4 Å². The van der Waals surface area contributed by atoms with Crippen molar-refractivity contribution in [1.29, 1.82) is 0 Å². The molecule has 3 heterocycles. The summed E-state index contributed by atoms with van der Waals surface area (Å²) >= 11 is 0. The van der Waals surface area contributed by atoms with Crippen molar-refractivity contribution in [2.45, 2.75) is 11.3 Å². The van der Waals surface area contributed by atoms with E-state index in [2.05, 4.69) is 5.10 Å². The van der Waals surface area contributed by atoms with Crippen molar-refractivity contribution < 1.29 is 22.7 Å². The number of piperazine rings is 1. The monoisotopic (exact) mass is 468 g/mol. The lowest BCUT2D eigenvalue weighted by Gasteiger charge is -2.34. The number of rotatable bonds is 5. The zero-order valence-electron chi connectivity index (χ0n) is 18.0. The van der Waals surface area contributed by atoms with Gasteiger partial charge in [-0.1, -0.05) is 18.2 Å². The van der Waals surface area contributed by atoms with Gasteiger partial charge in [0.2, 0.25) is 15.9 Å². The summed E-state index contributed by atoms with van der Waals surface area (Å²) in [6.45, 7) is 2.01. The molecule has 2 aliphatic heterocycles. The van der Waals surface area contributed by atoms with E-state index < -0.39 is 10.0 Å². The molecule has 1 saturated heterocycles. The predicted molar refractivity (Wildman–Crippen MR) is 120 cm³/mol. The van der Waals surface area contributed by atoms with Gasteiger partial charge >= 0.3 is 0 Å². The molecule has 2 aromatic carbocycles. The fraction of sp³-hybridized carbons (Fsp3) is 0.304. The predicted octanol–water partition coefficient (Wildman–Crippen LogP) is 1.72. The molecular formula is C23H24N4O5S. The first-order valence-corrected chi connectivity index (χ1v) is 12.2. The van der Waals surface area contributed by atoms with Gasteiger partial charge in [-0.2, -0.15) is 9.40 Å². The second-order valence-electron chi connectivity index (χ2n) is 7.90. The van der Waals surface area contributed by atoms with Gasteiger partial charge in [-0.05, 0) is 29.8 Å². The van der Waals surface area contributed by atoms with Crippen molar-refractivity contribution in [3.63, 3.8) is 0 Å². The Hall–Kier alpha value is -3.37. The van der Waals surface area contributed by atoms with Crippen molar-refractivity contribution in [3.05, 3.63) is 66.5 Å². The van der Waals surface area contributed by atoms with E-state index in [-0.39, 0.29) is 30.3 Å². The minimum absolute atomic E-state index is 0.0426. The molecule has 1 amide bonds. The van der Waals surface area contributed by atoms with Crippen LogP contribution in [0.1, 0.15) is 5.56 Å². The number of fused-ring (bicyclic) bond motifs is 1. The topological polar surface area (TPSA) is 94.0 Å². The molecule has 0 spiro atoms. The van der Waals surface area contributed by atoms with Crippen LogP contribution in [0.4, 0.5) is 0 Å². The molecule has 0 aliphatic carbocycles. The third kappa shape index (κ3) is 4.44. The number of nitrogens with zero attached hydrogens (tertiary/aromatic N) is 4. The minimum Gasteiger partial charge on any atom is -0.486 e. The quantitative estimate of drug-likeness (QED) is 0.566. The smallest absolute Gasteiger partial charge is 0.243 e. The van der Waals surface area contributed by atoms with E-state index in [0.717, 1.165) is 11.3 Å². The fourth-order valence-corrected chi connectivity index (χ4v) is 5.41. The molecule has 33 heavy (non-hydrogen) atoms. The highest BCUT2D eigenvalue weighted by atomic mass is 32.2. The highest BCUT2D eigenvalue weighted by Gasteiger charge is 2.31. The number of carbonyl (C=O) groups excluding carboxylic acids is 1. The number of amides is 1. The van der Waals surface area contributed by atoms with Gasteiger partial charge in [0.25, 0.3) is 0 Å². The van der Waals surface area contributed by atoms with Crippen molar-refractivity contribution in [2.24, 2.45) is 0 Å². The van der Waals surface area contributed by atoms with Crippen molar-refractivity contribution >= 4 is 15.9 Å². The lowest BCUT2D eigenvalue weighted by Crippen LogP contribution is -2.50. The zero-order chi connectivity index (χ0) is 22.8. The SMILES string of the molecule is O=C(Cc1cnn(-c2ccccc2)c1)N1CCN(S(=O)(=O)c2ccc3c(c2)OCCO3)CC1. The fourth-order valence-electron chi connectivity index (χ4n) is 3.97. The van der Waals surface area contributed by atoms with Crippen LogP contribution in [0.5, 0.6) is 11.5 Å². The highest BCUT2D eigenvalue weighted by molar-refractivity contribution is 7.89. The normalized spacial score (nSPS) is 16.5. The second-order valence-corrected chi connectivity index (χ2v) is 9.83. The van der Waals surface area contributed by atoms with Crippen molar-refractivity contribution in [2.75, 3.05) is 39.4 Å². The average molecular weight is 469 g/mol. The Morgan fingerprint density at radius 3 is 2.42 bits per heavy atom. The number of sulfonamides is 1. The standard InChI is InChI=1S/C23H24N4O5S/c28-23(14-18-16-24-27(17-18)19-4-2-1-3-5-19)25-8-10-26(11-9-25)33(29,30)20-6-7-21-22(15-20)32-13-12-31-21/h1-7,15-17H,8-14H2. The Kier molecular flexibility index (Phi) is 5.77. The van der Waals surface area contributed by atoms with Gasteiger partial charge in [-0.25, -0.2) is 13.1 Å². The van der Waals surface area contributed by atoms with Crippen molar-refractivity contribution in [3.8, 4) is 17.2 Å². The van der Waals surface area contributed by atoms with E-state index in [1.54, 1.807) is 21.8 Å². The van der Waals surface area contributed by atoms with Crippen LogP contribution in [0.15, 0.2) is 65.8 Å². The van der Waals surface area contributed by atoms with Gasteiger partial charge in [0.05, 0.1) is 23.2 Å². The third-order valence-electron chi connectivity index (χ3n) is 5.75. The number of hydrogen-bond donors (Lipinski definition) is 0. The third-order valence-corrected chi connectivity index (χ3v) is 7.65. The number of aromatic nitrogens is 2. The first kappa shape index (κ1) is 21.5. The summed E-state index contributed by atoms with van der Waals surface area (Å²) in [5, 5.41) is 4.33. The number of hydrogen-bond acceptors (Lipinski definition) is 6. The van der Waals surface area contributed by atoms with Crippen molar-refractivity contribution in [1.82, 2.24) is 19.0 Å². The van der Waals surface area contributed by atoms with Crippen LogP contribution in [0.25, 0.3) is 5.69 Å². The molecule has 10 heteroatoms. The van der Waals surface area contributed by atoms with E-state index in [1.807, 2.05) is 36.5 Å². The van der Waals surface area contributed by atoms with Crippen LogP contribution in [0.2, 0.25) is 0 Å². The molecule has 1 aromatic heterocycles. The molecule has 172 valence electrons. The summed E-state index contributed by atoms with van der Waals surface area (Å²) in [6, 6.07) is 14.3. The van der Waals surface area contributed by atoms with E-state index in [9.17, 15) is 13.2 Å². The molecule has 0 atom stereocenters. The summed E-state index contributed by atoms with van der Waals surface area (Å²) in [4.78, 5) is 14.7. The number of carbonyl (C=O) groups is 1. The van der Waals surface area contributed by atoms with Gasteiger partial charge in [-0.3, -0.25) is 4.79 Å². The summed E-state index contributed by atoms with van der Waals surface area (Å²) in [7, 11) is -3.68. The maximum absolute atomic E-state index is 13.1. The molecule has 3 aromatic rings. The Bertz CT molecular complexity index is 1250. The molecule has 2 aliphatic rings. The van der Waals surface area contributed by atoms with E-state index in [4.69, 9.17) is 9.47 Å². The van der Waals surface area contributed by atoms with Crippen LogP contribution < -0.4 is 9.47 Å². The zero-order valence-corrected chi connectivity index (χ0v) is 18.8. The number of para-hydroxylation sites is 1. The lowest BCUT2D eigenvalue weighted by molar-refractivity contribution is -0.131. The lowest BCUT2D eigenvalue weighted by atomic mass is 10.2. The summed E-state index contributed by atoms with van der Waals surface area (Å²) in [5.41, 5.74) is 1.74. The van der Waals surface area contributed by atoms with Gasteiger partial charge < -0.3 is 14.4 Å². The maximum Gasteiger partial charge on any atom is 0.243 e. The summed E-state index contributed by atoms with van der Waals surface area (Å²) in [5.74, 6) is 0.942. The molecular weight excluding hydrogens is 444 g/mol. The molecule has 5 rings (SSSR count). The average Bonchev–Trinajstić information content (AvgIpc) is 3.33. The van der Waals surface area contributed by atoms with Gasteiger partial charge in [0, 0.05) is 38.4 Å². The first-order valence-electron chi connectivity index (χ1n) is 10.8. The largest absolute Gasteiger partial charge is 0.486 e. The first-order chi connectivity index (χ1) is 16.0. The summed E-state index contributed by atoms with van der Waals surface area (Å²) < 4.78 is 40.3. The molecule has 1 fully saturated rings. The van der Waals surface area contributed by atoms with Crippen LogP contribution in [-0.2, 0) is 21.2 Å². The Balaban J connectivity index is 1.20. The maximum atomic E-state index is 13.1. The molecule has 0 N–H and O–H groups in total. The van der Waals surface area contributed by atoms with E-state index >= 15 is 0 Å². The van der Waals surface area contributed by atoms with E-state index in [0.29, 0.717) is 37.8 Å². The molecule has 0 radical (unpaired) electrons. The Labute approximate surface area is 192 Å². The van der Waals surface area contributed by atoms with Crippen LogP contribution in [0.3, 0.4) is 0 Å². The Morgan fingerprint density at radius 2 is 1.67 bits per heavy atom. The highest BCUT2D eigenvalue weighted by Crippen LogP contribution is 2.33. The molecule has 0 bridgehead atoms. The molecule has 0 unspecified atom stereocenters. The Morgan fingerprint density at radius 1 is 0.939 bits per heavy atom. The van der Waals surface area contributed by atoms with Gasteiger partial charge in [0.15, 0.2) is 11.5 Å². The molecule has 0 saturated carbocycles.